The third-order valence-corrected chi connectivity index (χ3v) is 5.05. The monoisotopic (exact) mass is 344 g/mol. The molecule has 2 aromatic rings. The topological polar surface area (TPSA) is 59.3 Å². The smallest absolute Gasteiger partial charge is 0.329 e. The molecule has 0 bridgehead atoms. The van der Waals surface area contributed by atoms with Crippen molar-refractivity contribution in [3.63, 3.8) is 0 Å². The molecule has 3 rings (SSSR count). The minimum atomic E-state index is -0.00895. The van der Waals surface area contributed by atoms with Crippen LogP contribution in [-0.2, 0) is 17.9 Å². The summed E-state index contributed by atoms with van der Waals surface area (Å²) in [5.41, 5.74) is 1.87. The number of likely N-dealkylation sites (tertiary alicyclic amines) is 1. The van der Waals surface area contributed by atoms with Crippen LogP contribution in [0.1, 0.15) is 26.2 Å². The number of carbonyl (C=O) groups excluding carboxylic acids is 1. The molecular weight excluding hydrogens is 316 g/mol. The number of carbonyl (C=O) groups is 1. The van der Waals surface area contributed by atoms with E-state index in [1.165, 1.54) is 0 Å². The maximum atomic E-state index is 12.7. The zero-order valence-electron chi connectivity index (χ0n) is 15.2. The fraction of sp³-hybridized carbons (Fsp3) is 0.579. The summed E-state index contributed by atoms with van der Waals surface area (Å²) in [6.45, 7) is 5.83. The van der Waals surface area contributed by atoms with Gasteiger partial charge in [0.1, 0.15) is 0 Å². The van der Waals surface area contributed by atoms with Gasteiger partial charge in [-0.2, -0.15) is 0 Å². The Bertz CT molecular complexity index is 792. The standard InChI is InChI=1S/C19H28N4O2/c1-3-10-22-16-6-4-5-7-17(16)23(19(22)25)12-9-18(24)21-11-8-15(14-21)13-20-2/h4-7,15,20H,3,8-14H2,1-2H3. The van der Waals surface area contributed by atoms with E-state index in [-0.39, 0.29) is 11.6 Å². The number of fused-ring (bicyclic) bond motifs is 1. The van der Waals surface area contributed by atoms with E-state index >= 15 is 0 Å². The summed E-state index contributed by atoms with van der Waals surface area (Å²) >= 11 is 0. The lowest BCUT2D eigenvalue weighted by atomic mass is 10.1. The summed E-state index contributed by atoms with van der Waals surface area (Å²) in [5, 5.41) is 3.18. The van der Waals surface area contributed by atoms with Gasteiger partial charge in [-0.25, -0.2) is 4.79 Å². The molecule has 1 aliphatic rings. The lowest BCUT2D eigenvalue weighted by molar-refractivity contribution is -0.130. The molecule has 0 saturated carbocycles. The lowest BCUT2D eigenvalue weighted by Crippen LogP contribution is -2.32. The molecule has 0 radical (unpaired) electrons. The van der Waals surface area contributed by atoms with Gasteiger partial charge in [-0.1, -0.05) is 19.1 Å². The van der Waals surface area contributed by atoms with Gasteiger partial charge in [0, 0.05) is 32.6 Å². The van der Waals surface area contributed by atoms with Crippen molar-refractivity contribution in [2.45, 2.75) is 39.3 Å². The third kappa shape index (κ3) is 3.63. The number of rotatable bonds is 7. The van der Waals surface area contributed by atoms with Crippen molar-refractivity contribution < 1.29 is 4.79 Å². The first-order valence-electron chi connectivity index (χ1n) is 9.26. The molecule has 6 heteroatoms. The normalized spacial score (nSPS) is 17.5. The van der Waals surface area contributed by atoms with Crippen molar-refractivity contribution in [2.24, 2.45) is 5.92 Å². The molecule has 1 amide bonds. The highest BCUT2D eigenvalue weighted by molar-refractivity contribution is 5.78. The molecule has 1 fully saturated rings. The van der Waals surface area contributed by atoms with Gasteiger partial charge >= 0.3 is 5.69 Å². The number of nitrogens with one attached hydrogen (secondary N) is 1. The highest BCUT2D eigenvalue weighted by atomic mass is 16.2. The van der Waals surface area contributed by atoms with E-state index in [2.05, 4.69) is 12.2 Å². The van der Waals surface area contributed by atoms with Crippen LogP contribution < -0.4 is 11.0 Å². The van der Waals surface area contributed by atoms with Crippen LogP contribution in [0.5, 0.6) is 0 Å². The number of hydrogen-bond donors (Lipinski definition) is 1. The van der Waals surface area contributed by atoms with E-state index < -0.39 is 0 Å². The minimum Gasteiger partial charge on any atom is -0.342 e. The number of aryl methyl sites for hydroxylation is 2. The number of para-hydroxylation sites is 2. The van der Waals surface area contributed by atoms with Gasteiger partial charge < -0.3 is 10.2 Å². The first kappa shape index (κ1) is 17.7. The van der Waals surface area contributed by atoms with Crippen molar-refractivity contribution >= 4 is 16.9 Å². The SMILES string of the molecule is CCCn1c(=O)n(CCC(=O)N2CCC(CNC)C2)c2ccccc21. The summed E-state index contributed by atoms with van der Waals surface area (Å²) in [7, 11) is 1.95. The van der Waals surface area contributed by atoms with Crippen molar-refractivity contribution in [3.8, 4) is 0 Å². The van der Waals surface area contributed by atoms with E-state index in [0.717, 1.165) is 43.5 Å². The Morgan fingerprint density at radius 2 is 1.88 bits per heavy atom. The van der Waals surface area contributed by atoms with Crippen LogP contribution in [-0.4, -0.2) is 46.6 Å². The van der Waals surface area contributed by atoms with Crippen LogP contribution in [0.2, 0.25) is 0 Å². The molecule has 1 aromatic heterocycles. The molecule has 0 aliphatic carbocycles. The minimum absolute atomic E-state index is 0.00895. The van der Waals surface area contributed by atoms with E-state index in [4.69, 9.17) is 0 Å². The number of nitrogens with zero attached hydrogens (tertiary/aromatic N) is 3. The lowest BCUT2D eigenvalue weighted by Gasteiger charge is -2.16. The molecular formula is C19H28N4O2. The number of imidazole rings is 1. The molecule has 0 spiro atoms. The Morgan fingerprint density at radius 3 is 2.52 bits per heavy atom. The van der Waals surface area contributed by atoms with Gasteiger partial charge in [0.15, 0.2) is 0 Å². The average molecular weight is 344 g/mol. The summed E-state index contributed by atoms with van der Waals surface area (Å²) < 4.78 is 3.57. The fourth-order valence-electron chi connectivity index (χ4n) is 3.81. The predicted octanol–water partition coefficient (Wildman–Crippen LogP) is 1.67. The van der Waals surface area contributed by atoms with Gasteiger partial charge in [0.2, 0.25) is 5.91 Å². The van der Waals surface area contributed by atoms with Gasteiger partial charge in [-0.05, 0) is 44.5 Å². The first-order chi connectivity index (χ1) is 12.2. The van der Waals surface area contributed by atoms with E-state index in [9.17, 15) is 9.59 Å². The van der Waals surface area contributed by atoms with Gasteiger partial charge in [-0.3, -0.25) is 13.9 Å². The highest BCUT2D eigenvalue weighted by Gasteiger charge is 2.25. The second kappa shape index (κ2) is 7.87. The van der Waals surface area contributed by atoms with Gasteiger partial charge in [0.25, 0.3) is 0 Å². The summed E-state index contributed by atoms with van der Waals surface area (Å²) in [6, 6.07) is 7.84. The summed E-state index contributed by atoms with van der Waals surface area (Å²) in [6.07, 6.45) is 2.35. The zero-order chi connectivity index (χ0) is 17.8. The second-order valence-electron chi connectivity index (χ2n) is 6.88. The second-order valence-corrected chi connectivity index (χ2v) is 6.88. The summed E-state index contributed by atoms with van der Waals surface area (Å²) in [5.74, 6) is 0.695. The fourth-order valence-corrected chi connectivity index (χ4v) is 3.81. The number of benzene rings is 1. The average Bonchev–Trinajstić information content (AvgIpc) is 3.18. The molecule has 136 valence electrons. The molecule has 1 unspecified atom stereocenters. The van der Waals surface area contributed by atoms with E-state index in [0.29, 0.717) is 25.4 Å². The van der Waals surface area contributed by atoms with Crippen LogP contribution in [0.15, 0.2) is 29.1 Å². The molecule has 1 aliphatic heterocycles. The quantitative estimate of drug-likeness (QED) is 0.831. The Morgan fingerprint density at radius 1 is 1.20 bits per heavy atom. The third-order valence-electron chi connectivity index (χ3n) is 5.05. The summed E-state index contributed by atoms with van der Waals surface area (Å²) in [4.78, 5) is 27.2. The maximum Gasteiger partial charge on any atom is 0.329 e. The van der Waals surface area contributed by atoms with Crippen LogP contribution in [0.25, 0.3) is 11.0 Å². The molecule has 1 atom stereocenters. The van der Waals surface area contributed by atoms with Crippen LogP contribution in [0.3, 0.4) is 0 Å². The highest BCUT2D eigenvalue weighted by Crippen LogP contribution is 2.17. The van der Waals surface area contributed by atoms with Crippen LogP contribution >= 0.6 is 0 Å². The zero-order valence-corrected chi connectivity index (χ0v) is 15.2. The van der Waals surface area contributed by atoms with Crippen molar-refractivity contribution in [2.75, 3.05) is 26.7 Å². The van der Waals surface area contributed by atoms with Crippen molar-refractivity contribution in [1.82, 2.24) is 19.4 Å². The Hall–Kier alpha value is -2.08. The maximum absolute atomic E-state index is 12.7. The molecule has 2 heterocycles. The van der Waals surface area contributed by atoms with E-state index in [1.54, 1.807) is 4.57 Å². The Labute approximate surface area is 148 Å². The van der Waals surface area contributed by atoms with Crippen molar-refractivity contribution in [3.05, 3.63) is 34.7 Å². The first-order valence-corrected chi connectivity index (χ1v) is 9.26. The number of amides is 1. The Balaban J connectivity index is 1.72. The van der Waals surface area contributed by atoms with Crippen LogP contribution in [0.4, 0.5) is 0 Å². The molecule has 1 N–H and O–H groups in total. The van der Waals surface area contributed by atoms with Crippen LogP contribution in [0, 0.1) is 5.92 Å². The Kier molecular flexibility index (Phi) is 5.58. The van der Waals surface area contributed by atoms with Gasteiger partial charge in [-0.15, -0.1) is 0 Å². The molecule has 1 aromatic carbocycles. The molecule has 6 nitrogen and oxygen atoms in total. The van der Waals surface area contributed by atoms with E-state index in [1.807, 2.05) is 40.8 Å². The predicted molar refractivity (Wildman–Crippen MR) is 99.7 cm³/mol. The number of hydrogen-bond acceptors (Lipinski definition) is 3. The molecule has 1 saturated heterocycles. The largest absolute Gasteiger partial charge is 0.342 e. The van der Waals surface area contributed by atoms with Gasteiger partial charge in [0.05, 0.1) is 11.0 Å². The number of aromatic nitrogens is 2. The molecule has 25 heavy (non-hydrogen) atoms. The van der Waals surface area contributed by atoms with Crippen molar-refractivity contribution in [1.29, 1.82) is 0 Å².